The second-order valence-corrected chi connectivity index (χ2v) is 5.24. The van der Waals surface area contributed by atoms with Crippen LogP contribution in [0.25, 0.3) is 0 Å². The van der Waals surface area contributed by atoms with Gasteiger partial charge in [-0.1, -0.05) is 12.1 Å². The van der Waals surface area contributed by atoms with Crippen molar-refractivity contribution in [3.63, 3.8) is 0 Å². The van der Waals surface area contributed by atoms with Crippen LogP contribution in [0.1, 0.15) is 18.1 Å². The molecule has 2 N–H and O–H groups in total. The van der Waals surface area contributed by atoms with Gasteiger partial charge in [-0.2, -0.15) is 13.2 Å². The van der Waals surface area contributed by atoms with Crippen molar-refractivity contribution in [1.82, 2.24) is 10.2 Å². The summed E-state index contributed by atoms with van der Waals surface area (Å²) in [6, 6.07) is 4.39. The molecule has 1 atom stereocenters. The van der Waals surface area contributed by atoms with E-state index in [2.05, 4.69) is 5.32 Å². The van der Waals surface area contributed by atoms with E-state index in [0.717, 1.165) is 12.1 Å². The lowest BCUT2D eigenvalue weighted by atomic mass is 9.90. The van der Waals surface area contributed by atoms with E-state index in [0.29, 0.717) is 13.1 Å². The molecule has 1 unspecified atom stereocenters. The average Bonchev–Trinajstić information content (AvgIpc) is 2.37. The number of alkyl halides is 3. The van der Waals surface area contributed by atoms with Gasteiger partial charge in [0.15, 0.2) is 0 Å². The number of halogens is 3. The summed E-state index contributed by atoms with van der Waals surface area (Å²) in [4.78, 5) is 13.3. The molecule has 0 heterocycles. The quantitative estimate of drug-likeness (QED) is 0.845. The highest BCUT2D eigenvalue weighted by atomic mass is 19.4. The van der Waals surface area contributed by atoms with Gasteiger partial charge in [-0.15, -0.1) is 0 Å². The predicted octanol–water partition coefficient (Wildman–Crippen LogP) is 2.16. The van der Waals surface area contributed by atoms with Crippen LogP contribution in [-0.2, 0) is 16.5 Å². The molecule has 4 nitrogen and oxygen atoms in total. The van der Waals surface area contributed by atoms with Crippen molar-refractivity contribution in [1.29, 1.82) is 0 Å². The standard InChI is InChI=1S/C14H19F3N2O2/c1-13(12(20)21,18-7-8-19(2)3)10-5-4-6-11(9-10)14(15,16)17/h4-6,9,18H,7-8H2,1-3H3,(H,20,21). The van der Waals surface area contributed by atoms with E-state index in [-0.39, 0.29) is 5.56 Å². The van der Waals surface area contributed by atoms with Crippen LogP contribution in [0.4, 0.5) is 13.2 Å². The monoisotopic (exact) mass is 304 g/mol. The molecule has 1 rings (SSSR count). The molecular formula is C14H19F3N2O2. The number of carbonyl (C=O) groups is 1. The Hall–Kier alpha value is -1.60. The van der Waals surface area contributed by atoms with Crippen molar-refractivity contribution < 1.29 is 23.1 Å². The minimum atomic E-state index is -4.50. The van der Waals surface area contributed by atoms with Crippen LogP contribution in [0.5, 0.6) is 0 Å². The van der Waals surface area contributed by atoms with Crippen LogP contribution in [0.15, 0.2) is 24.3 Å². The van der Waals surface area contributed by atoms with E-state index >= 15 is 0 Å². The smallest absolute Gasteiger partial charge is 0.416 e. The Bertz CT molecular complexity index is 503. The van der Waals surface area contributed by atoms with Crippen LogP contribution in [0.3, 0.4) is 0 Å². The molecule has 118 valence electrons. The first-order valence-electron chi connectivity index (χ1n) is 6.38. The predicted molar refractivity (Wildman–Crippen MR) is 73.0 cm³/mol. The summed E-state index contributed by atoms with van der Waals surface area (Å²) in [5.74, 6) is -1.22. The van der Waals surface area contributed by atoms with Crippen molar-refractivity contribution in [2.75, 3.05) is 27.2 Å². The number of aliphatic carboxylic acids is 1. The van der Waals surface area contributed by atoms with Crippen molar-refractivity contribution in [3.8, 4) is 0 Å². The van der Waals surface area contributed by atoms with Gasteiger partial charge in [-0.05, 0) is 38.7 Å². The number of carboxylic acids is 1. The Morgan fingerprint density at radius 2 is 1.86 bits per heavy atom. The third-order valence-electron chi connectivity index (χ3n) is 3.23. The normalized spacial score (nSPS) is 15.0. The molecule has 0 saturated carbocycles. The fraction of sp³-hybridized carbons (Fsp3) is 0.500. The fourth-order valence-electron chi connectivity index (χ4n) is 1.84. The zero-order valence-corrected chi connectivity index (χ0v) is 12.2. The van der Waals surface area contributed by atoms with E-state index in [1.54, 1.807) is 0 Å². The maximum Gasteiger partial charge on any atom is 0.416 e. The highest BCUT2D eigenvalue weighted by Crippen LogP contribution is 2.32. The fourth-order valence-corrected chi connectivity index (χ4v) is 1.84. The second kappa shape index (κ2) is 6.44. The first-order valence-corrected chi connectivity index (χ1v) is 6.38. The Kier molecular flexibility index (Phi) is 5.36. The van der Waals surface area contributed by atoms with E-state index in [1.807, 2.05) is 19.0 Å². The Balaban J connectivity index is 3.08. The van der Waals surface area contributed by atoms with Crippen LogP contribution in [-0.4, -0.2) is 43.2 Å². The molecule has 1 aromatic rings. The van der Waals surface area contributed by atoms with Crippen LogP contribution in [0, 0.1) is 0 Å². The molecule has 0 spiro atoms. The second-order valence-electron chi connectivity index (χ2n) is 5.24. The number of nitrogens with zero attached hydrogens (tertiary/aromatic N) is 1. The molecule has 0 aliphatic carbocycles. The number of carboxylic acid groups (broad SMARTS) is 1. The van der Waals surface area contributed by atoms with Gasteiger partial charge in [-0.25, -0.2) is 4.79 Å². The van der Waals surface area contributed by atoms with Crippen molar-refractivity contribution in [2.24, 2.45) is 0 Å². The van der Waals surface area contributed by atoms with Gasteiger partial charge < -0.3 is 10.0 Å². The molecule has 0 radical (unpaired) electrons. The lowest BCUT2D eigenvalue weighted by molar-refractivity contribution is -0.145. The molecule has 0 aliphatic heterocycles. The van der Waals surface area contributed by atoms with Gasteiger partial charge in [0.2, 0.25) is 0 Å². The molecule has 0 aliphatic rings. The van der Waals surface area contributed by atoms with Crippen molar-refractivity contribution in [2.45, 2.75) is 18.6 Å². The van der Waals surface area contributed by atoms with Gasteiger partial charge in [-0.3, -0.25) is 5.32 Å². The molecule has 7 heteroatoms. The van der Waals surface area contributed by atoms with Gasteiger partial charge >= 0.3 is 12.1 Å². The minimum Gasteiger partial charge on any atom is -0.480 e. The first kappa shape index (κ1) is 17.5. The summed E-state index contributed by atoms with van der Waals surface area (Å²) >= 11 is 0. The molecule has 0 amide bonds. The summed E-state index contributed by atoms with van der Waals surface area (Å²) in [6.45, 7) is 2.27. The number of benzene rings is 1. The summed E-state index contributed by atoms with van der Waals surface area (Å²) in [6.07, 6.45) is -4.50. The van der Waals surface area contributed by atoms with Gasteiger partial charge in [0, 0.05) is 13.1 Å². The highest BCUT2D eigenvalue weighted by molar-refractivity contribution is 5.80. The average molecular weight is 304 g/mol. The lowest BCUT2D eigenvalue weighted by Crippen LogP contribution is -2.48. The summed E-state index contributed by atoms with van der Waals surface area (Å²) in [5.41, 5.74) is -2.36. The Morgan fingerprint density at radius 1 is 1.29 bits per heavy atom. The van der Waals surface area contributed by atoms with Gasteiger partial charge in [0.25, 0.3) is 0 Å². The molecule has 1 aromatic carbocycles. The van der Waals surface area contributed by atoms with Crippen LogP contribution in [0.2, 0.25) is 0 Å². The molecule has 0 aromatic heterocycles. The molecule has 0 saturated heterocycles. The van der Waals surface area contributed by atoms with E-state index in [1.165, 1.54) is 19.1 Å². The SMILES string of the molecule is CN(C)CCNC(C)(C(=O)O)c1cccc(C(F)(F)F)c1. The minimum absolute atomic E-state index is 0.0728. The van der Waals surface area contributed by atoms with Crippen LogP contribution < -0.4 is 5.32 Å². The largest absolute Gasteiger partial charge is 0.480 e. The first-order chi connectivity index (χ1) is 9.57. The molecule has 21 heavy (non-hydrogen) atoms. The van der Waals surface area contributed by atoms with Crippen molar-refractivity contribution in [3.05, 3.63) is 35.4 Å². The van der Waals surface area contributed by atoms with E-state index in [9.17, 15) is 23.1 Å². The number of rotatable bonds is 6. The molecule has 0 fully saturated rings. The number of nitrogens with one attached hydrogen (secondary N) is 1. The van der Waals surface area contributed by atoms with Gasteiger partial charge in [0.1, 0.15) is 5.54 Å². The van der Waals surface area contributed by atoms with Crippen molar-refractivity contribution >= 4 is 5.97 Å². The highest BCUT2D eigenvalue weighted by Gasteiger charge is 2.37. The maximum absolute atomic E-state index is 12.7. The Labute approximate surface area is 121 Å². The van der Waals surface area contributed by atoms with Gasteiger partial charge in [0.05, 0.1) is 5.56 Å². The summed E-state index contributed by atoms with van der Waals surface area (Å²) in [5, 5.41) is 12.2. The number of hydrogen-bond acceptors (Lipinski definition) is 3. The van der Waals surface area contributed by atoms with E-state index < -0.39 is 23.2 Å². The maximum atomic E-state index is 12.7. The zero-order valence-electron chi connectivity index (χ0n) is 12.2. The summed E-state index contributed by atoms with van der Waals surface area (Å²) in [7, 11) is 3.65. The number of hydrogen-bond donors (Lipinski definition) is 2. The zero-order chi connectivity index (χ0) is 16.3. The topological polar surface area (TPSA) is 52.6 Å². The molecular weight excluding hydrogens is 285 g/mol. The third kappa shape index (κ3) is 4.44. The third-order valence-corrected chi connectivity index (χ3v) is 3.23. The summed E-state index contributed by atoms with van der Waals surface area (Å²) < 4.78 is 38.2. The Morgan fingerprint density at radius 3 is 2.33 bits per heavy atom. The van der Waals surface area contributed by atoms with Crippen LogP contribution >= 0.6 is 0 Å². The number of likely N-dealkylation sites (N-methyl/N-ethyl adjacent to an activating group) is 1. The lowest BCUT2D eigenvalue weighted by Gasteiger charge is -2.28. The van der Waals surface area contributed by atoms with E-state index in [4.69, 9.17) is 0 Å². The molecule has 0 bridgehead atoms.